The molecule has 5 aromatic rings. The molecule has 47 heavy (non-hydrogen) atoms. The number of rotatable bonds is 14. The van der Waals surface area contributed by atoms with Crippen molar-refractivity contribution >= 4 is 28.6 Å². The Morgan fingerprint density at radius 3 is 2.43 bits per heavy atom. The van der Waals surface area contributed by atoms with Gasteiger partial charge in [-0.1, -0.05) is 54.6 Å². The third-order valence-corrected chi connectivity index (χ3v) is 7.58. The highest BCUT2D eigenvalue weighted by Gasteiger charge is 2.16. The number of carbonyl (C=O) groups excluding carboxylic acids is 1. The molecule has 0 saturated heterocycles. The Hall–Kier alpha value is -5.65. The molecule has 0 aliphatic heterocycles. The quantitative estimate of drug-likeness (QED) is 0.0934. The number of fused-ring (bicyclic) bond motifs is 1. The smallest absolute Gasteiger partial charge is 0.412 e. The van der Waals surface area contributed by atoms with Crippen molar-refractivity contribution in [3.8, 4) is 11.5 Å². The molecule has 1 heterocycles. The van der Waals surface area contributed by atoms with Crippen LogP contribution in [0.15, 0.2) is 108 Å². The Morgan fingerprint density at radius 2 is 1.66 bits per heavy atom. The van der Waals surface area contributed by atoms with Gasteiger partial charge in [0.1, 0.15) is 18.1 Å². The van der Waals surface area contributed by atoms with Gasteiger partial charge in [0, 0.05) is 36.2 Å². The first kappa shape index (κ1) is 32.7. The van der Waals surface area contributed by atoms with Crippen LogP contribution >= 0.6 is 0 Å². The predicted octanol–water partition coefficient (Wildman–Crippen LogP) is 4.94. The fourth-order valence-electron chi connectivity index (χ4n) is 5.11. The molecule has 0 spiro atoms. The van der Waals surface area contributed by atoms with Crippen molar-refractivity contribution in [3.05, 3.63) is 136 Å². The van der Waals surface area contributed by atoms with Crippen molar-refractivity contribution in [2.75, 3.05) is 24.5 Å². The molecule has 0 aliphatic rings. The molecule has 0 unspecified atom stereocenters. The molecule has 11 heteroatoms. The average molecular weight is 637 g/mol. The molecule has 0 aliphatic carbocycles. The zero-order chi connectivity index (χ0) is 33.2. The van der Waals surface area contributed by atoms with E-state index in [0.29, 0.717) is 47.5 Å². The molecule has 1 atom stereocenters. The zero-order valence-corrected chi connectivity index (χ0v) is 25.6. The summed E-state index contributed by atoms with van der Waals surface area (Å²) in [6.07, 6.45) is -1.28. The molecule has 0 bridgehead atoms. The van der Waals surface area contributed by atoms with Crippen molar-refractivity contribution in [1.82, 2.24) is 15.6 Å². The monoisotopic (exact) mass is 636 g/mol. The molecule has 242 valence electrons. The van der Waals surface area contributed by atoms with Crippen LogP contribution in [0.3, 0.4) is 0 Å². The molecule has 4 aromatic carbocycles. The van der Waals surface area contributed by atoms with Crippen LogP contribution < -0.4 is 25.8 Å². The van der Waals surface area contributed by atoms with Crippen LogP contribution in [-0.2, 0) is 13.2 Å². The van der Waals surface area contributed by atoms with Crippen molar-refractivity contribution in [3.63, 3.8) is 0 Å². The standard InChI is InChI=1S/C36H36N4O7/c41-31-16-14-29(30-15-17-33(43)39-34(30)31)32(42)21-37-18-5-19-38-35(44)26-12-10-25(11-13-26)23-47-28-9-4-8-27(20-28)40(36(45)46)22-24-6-2-1-3-7-24/h1-4,6-17,20,32,37,41-42H,5,18-19,21-23H2,(H,38,44)(H,39,43)(H,45,46)/t32-/m0/s1. The fourth-order valence-corrected chi connectivity index (χ4v) is 5.11. The van der Waals surface area contributed by atoms with Crippen molar-refractivity contribution in [1.29, 1.82) is 0 Å². The van der Waals surface area contributed by atoms with Crippen molar-refractivity contribution < 1.29 is 29.6 Å². The number of pyridine rings is 1. The second-order valence-corrected chi connectivity index (χ2v) is 11.0. The number of carboxylic acid groups (broad SMARTS) is 1. The maximum absolute atomic E-state index is 12.6. The lowest BCUT2D eigenvalue weighted by molar-refractivity contribution is 0.0952. The van der Waals surface area contributed by atoms with Crippen LogP contribution in [0, 0.1) is 0 Å². The summed E-state index contributed by atoms with van der Waals surface area (Å²) in [5, 5.41) is 37.1. The lowest BCUT2D eigenvalue weighted by Gasteiger charge is -2.20. The summed E-state index contributed by atoms with van der Waals surface area (Å²) in [5.74, 6) is 0.256. The Balaban J connectivity index is 1.04. The van der Waals surface area contributed by atoms with Gasteiger partial charge in [0.05, 0.1) is 23.9 Å². The number of nitrogens with zero attached hydrogens (tertiary/aromatic N) is 1. The Labute approximate surface area is 271 Å². The number of carbonyl (C=O) groups is 2. The predicted molar refractivity (Wildman–Crippen MR) is 179 cm³/mol. The average Bonchev–Trinajstić information content (AvgIpc) is 3.08. The number of phenolic OH excluding ortho intramolecular Hbond substituents is 1. The normalized spacial score (nSPS) is 11.6. The first-order valence-electron chi connectivity index (χ1n) is 15.2. The van der Waals surface area contributed by atoms with Crippen molar-refractivity contribution in [2.24, 2.45) is 0 Å². The van der Waals surface area contributed by atoms with E-state index in [-0.39, 0.29) is 42.4 Å². The van der Waals surface area contributed by atoms with Crippen LogP contribution in [0.1, 0.15) is 39.6 Å². The van der Waals surface area contributed by atoms with Gasteiger partial charge in [-0.15, -0.1) is 0 Å². The summed E-state index contributed by atoms with van der Waals surface area (Å²) in [6.45, 7) is 1.70. The number of aromatic hydroxyl groups is 1. The molecule has 0 fully saturated rings. The number of aromatic nitrogens is 1. The number of phenols is 1. The number of hydrogen-bond acceptors (Lipinski definition) is 7. The van der Waals surface area contributed by atoms with Crippen LogP contribution in [0.2, 0.25) is 0 Å². The van der Waals surface area contributed by atoms with Gasteiger partial charge in [-0.2, -0.15) is 0 Å². The number of amides is 2. The van der Waals surface area contributed by atoms with Crippen LogP contribution in [0.25, 0.3) is 10.9 Å². The summed E-state index contributed by atoms with van der Waals surface area (Å²) < 4.78 is 5.92. The maximum Gasteiger partial charge on any atom is 0.412 e. The second-order valence-electron chi connectivity index (χ2n) is 11.0. The topological polar surface area (TPSA) is 164 Å². The number of benzene rings is 4. The van der Waals surface area contributed by atoms with Crippen LogP contribution in [-0.4, -0.2) is 51.9 Å². The summed E-state index contributed by atoms with van der Waals surface area (Å²) in [5.41, 5.74) is 3.26. The van der Waals surface area contributed by atoms with Crippen LogP contribution in [0.4, 0.5) is 10.5 Å². The van der Waals surface area contributed by atoms with Gasteiger partial charge in [0.15, 0.2) is 0 Å². The van der Waals surface area contributed by atoms with E-state index in [1.807, 2.05) is 42.5 Å². The van der Waals surface area contributed by atoms with E-state index in [4.69, 9.17) is 4.74 Å². The third-order valence-electron chi connectivity index (χ3n) is 7.58. The van der Waals surface area contributed by atoms with E-state index in [0.717, 1.165) is 11.1 Å². The Kier molecular flexibility index (Phi) is 10.8. The molecular formula is C36H36N4O7. The van der Waals surface area contributed by atoms with Crippen LogP contribution in [0.5, 0.6) is 11.5 Å². The Morgan fingerprint density at radius 1 is 0.872 bits per heavy atom. The highest BCUT2D eigenvalue weighted by molar-refractivity contribution is 5.94. The zero-order valence-electron chi connectivity index (χ0n) is 25.6. The first-order chi connectivity index (χ1) is 22.8. The maximum atomic E-state index is 12.6. The Bertz CT molecular complexity index is 1880. The van der Waals surface area contributed by atoms with E-state index in [2.05, 4.69) is 15.6 Å². The number of aliphatic hydroxyl groups is 1. The lowest BCUT2D eigenvalue weighted by Crippen LogP contribution is -2.29. The van der Waals surface area contributed by atoms with Gasteiger partial charge in [-0.3, -0.25) is 14.5 Å². The minimum Gasteiger partial charge on any atom is -0.506 e. The molecule has 0 radical (unpaired) electrons. The molecule has 2 amide bonds. The number of aromatic amines is 1. The molecule has 6 N–H and O–H groups in total. The number of ether oxygens (including phenoxy) is 1. The minimum absolute atomic E-state index is 0.0629. The number of anilines is 1. The SMILES string of the molecule is O=C(NCCCNC[C@H](O)c1ccc(O)c2[nH]c(=O)ccc12)c1ccc(COc2cccc(N(Cc3ccccc3)C(=O)O)c2)cc1. The number of aliphatic hydroxyl groups excluding tert-OH is 1. The summed E-state index contributed by atoms with van der Waals surface area (Å²) in [6, 6.07) is 29.3. The van der Waals surface area contributed by atoms with Crippen molar-refractivity contribution in [2.45, 2.75) is 25.7 Å². The van der Waals surface area contributed by atoms with E-state index in [1.165, 1.54) is 17.0 Å². The van der Waals surface area contributed by atoms with Gasteiger partial charge >= 0.3 is 6.09 Å². The summed E-state index contributed by atoms with van der Waals surface area (Å²) in [7, 11) is 0. The van der Waals surface area contributed by atoms with Gasteiger partial charge in [0.25, 0.3) is 5.91 Å². The first-order valence-corrected chi connectivity index (χ1v) is 15.2. The fraction of sp³-hybridized carbons (Fsp3) is 0.194. The van der Waals surface area contributed by atoms with E-state index < -0.39 is 12.2 Å². The van der Waals surface area contributed by atoms with Gasteiger partial charge < -0.3 is 35.7 Å². The van der Waals surface area contributed by atoms with E-state index in [9.17, 15) is 29.7 Å². The third kappa shape index (κ3) is 8.75. The molecular weight excluding hydrogens is 600 g/mol. The highest BCUT2D eigenvalue weighted by atomic mass is 16.5. The lowest BCUT2D eigenvalue weighted by atomic mass is 10.0. The van der Waals surface area contributed by atoms with E-state index in [1.54, 1.807) is 48.5 Å². The van der Waals surface area contributed by atoms with Gasteiger partial charge in [-0.25, -0.2) is 4.79 Å². The molecule has 0 saturated carbocycles. The number of hydrogen-bond donors (Lipinski definition) is 6. The highest BCUT2D eigenvalue weighted by Crippen LogP contribution is 2.28. The molecule has 11 nitrogen and oxygen atoms in total. The summed E-state index contributed by atoms with van der Waals surface area (Å²) in [4.78, 5) is 40.0. The molecule has 1 aromatic heterocycles. The minimum atomic E-state index is -1.06. The van der Waals surface area contributed by atoms with Gasteiger partial charge in [-0.05, 0) is 66.1 Å². The number of H-pyrrole nitrogens is 1. The van der Waals surface area contributed by atoms with Gasteiger partial charge in [0.2, 0.25) is 5.56 Å². The largest absolute Gasteiger partial charge is 0.506 e. The summed E-state index contributed by atoms with van der Waals surface area (Å²) >= 11 is 0. The molecule has 5 rings (SSSR count). The van der Waals surface area contributed by atoms with E-state index >= 15 is 0 Å². The second kappa shape index (κ2) is 15.6. The number of nitrogens with one attached hydrogen (secondary N) is 3.